The van der Waals surface area contributed by atoms with Crippen molar-refractivity contribution in [3.8, 4) is 0 Å². The lowest BCUT2D eigenvalue weighted by molar-refractivity contribution is 0.790. The van der Waals surface area contributed by atoms with Crippen LogP contribution >= 0.6 is 11.3 Å². The summed E-state index contributed by atoms with van der Waals surface area (Å²) in [5.41, 5.74) is 1.39. The summed E-state index contributed by atoms with van der Waals surface area (Å²) in [4.78, 5) is 2.99. The third-order valence-corrected chi connectivity index (χ3v) is 3.19. The summed E-state index contributed by atoms with van der Waals surface area (Å²) >= 11 is 1.94. The molecule has 0 fully saturated rings. The zero-order valence-electron chi connectivity index (χ0n) is 6.81. The average molecular weight is 167 g/mol. The van der Waals surface area contributed by atoms with Crippen LogP contribution in [-0.4, -0.2) is 6.54 Å². The maximum absolute atomic E-state index is 3.46. The maximum atomic E-state index is 3.46. The lowest BCUT2D eigenvalue weighted by Crippen LogP contribution is -1.97. The van der Waals surface area contributed by atoms with Crippen LogP contribution in [0.5, 0.6) is 0 Å². The molecule has 1 aromatic rings. The van der Waals surface area contributed by atoms with Gasteiger partial charge in [-0.3, -0.25) is 0 Å². The van der Waals surface area contributed by atoms with E-state index in [1.807, 2.05) is 11.3 Å². The molecule has 0 unspecified atom stereocenters. The highest BCUT2D eigenvalue weighted by Gasteiger charge is 2.08. The topological polar surface area (TPSA) is 12.0 Å². The molecule has 0 spiro atoms. The Hall–Kier alpha value is -0.500. The second-order valence-corrected chi connectivity index (χ2v) is 4.42. The summed E-state index contributed by atoms with van der Waals surface area (Å²) in [7, 11) is 0. The van der Waals surface area contributed by atoms with E-state index in [0.717, 1.165) is 6.54 Å². The number of hydrogen-bond acceptors (Lipinski definition) is 2. The molecule has 1 N–H and O–H groups in total. The van der Waals surface area contributed by atoms with Crippen molar-refractivity contribution >= 4 is 17.0 Å². The van der Waals surface area contributed by atoms with Crippen LogP contribution in [0.2, 0.25) is 0 Å². The molecule has 0 aromatic carbocycles. The van der Waals surface area contributed by atoms with Crippen LogP contribution in [0.25, 0.3) is 0 Å². The Morgan fingerprint density at radius 2 is 2.36 bits per heavy atom. The average Bonchev–Trinajstić information content (AvgIpc) is 2.17. The van der Waals surface area contributed by atoms with Crippen LogP contribution in [-0.2, 0) is 6.42 Å². The molecule has 2 heteroatoms. The Morgan fingerprint density at radius 3 is 3.27 bits per heavy atom. The molecule has 1 aromatic heterocycles. The third-order valence-electron chi connectivity index (χ3n) is 2.08. The summed E-state index contributed by atoms with van der Waals surface area (Å²) in [6, 6.07) is 2.27. The quantitative estimate of drug-likeness (QED) is 0.626. The Balaban J connectivity index is 2.32. The first-order valence-corrected chi connectivity index (χ1v) is 5.01. The van der Waals surface area contributed by atoms with E-state index in [-0.39, 0.29) is 0 Å². The molecule has 0 amide bonds. The summed E-state index contributed by atoms with van der Waals surface area (Å²) in [6.07, 6.45) is 3.95. The zero-order chi connectivity index (χ0) is 7.68. The van der Waals surface area contributed by atoms with Gasteiger partial charge in [-0.2, -0.15) is 0 Å². The molecule has 1 aliphatic heterocycles. The van der Waals surface area contributed by atoms with Crippen molar-refractivity contribution in [3.63, 3.8) is 0 Å². The smallest absolute Gasteiger partial charge is 0.0484 e. The minimum Gasteiger partial charge on any atom is -0.384 e. The van der Waals surface area contributed by atoms with Crippen LogP contribution in [0.4, 0.5) is 5.69 Å². The number of rotatable bonds is 0. The van der Waals surface area contributed by atoms with Crippen LogP contribution < -0.4 is 5.32 Å². The molecule has 2 rings (SSSR count). The van der Waals surface area contributed by atoms with Gasteiger partial charge >= 0.3 is 0 Å². The highest BCUT2D eigenvalue weighted by Crippen LogP contribution is 2.29. The molecule has 0 aliphatic carbocycles. The molecule has 2 heterocycles. The molecule has 11 heavy (non-hydrogen) atoms. The van der Waals surface area contributed by atoms with Crippen molar-refractivity contribution in [1.29, 1.82) is 0 Å². The Kier molecular flexibility index (Phi) is 1.86. The van der Waals surface area contributed by atoms with Gasteiger partial charge in [0.05, 0.1) is 0 Å². The highest BCUT2D eigenvalue weighted by atomic mass is 32.1. The SMILES string of the molecule is Cc1cc2c(s1)CCCCN2. The summed E-state index contributed by atoms with van der Waals surface area (Å²) < 4.78 is 0. The van der Waals surface area contributed by atoms with Gasteiger partial charge in [0.25, 0.3) is 0 Å². The molecular weight excluding hydrogens is 154 g/mol. The first-order chi connectivity index (χ1) is 5.36. The summed E-state index contributed by atoms with van der Waals surface area (Å²) in [6.45, 7) is 3.34. The van der Waals surface area contributed by atoms with Crippen LogP contribution in [0.1, 0.15) is 22.6 Å². The second-order valence-electron chi connectivity index (χ2n) is 3.08. The van der Waals surface area contributed by atoms with E-state index in [2.05, 4.69) is 18.3 Å². The minimum absolute atomic E-state index is 1.16. The van der Waals surface area contributed by atoms with Crippen LogP contribution in [0.15, 0.2) is 6.07 Å². The highest BCUT2D eigenvalue weighted by molar-refractivity contribution is 7.12. The molecule has 0 atom stereocenters. The Morgan fingerprint density at radius 1 is 1.45 bits per heavy atom. The van der Waals surface area contributed by atoms with E-state index in [0.29, 0.717) is 0 Å². The fourth-order valence-electron chi connectivity index (χ4n) is 1.53. The molecule has 1 aliphatic rings. The molecule has 0 saturated carbocycles. The van der Waals surface area contributed by atoms with Crippen molar-refractivity contribution in [3.05, 3.63) is 15.8 Å². The molecule has 1 nitrogen and oxygen atoms in total. The fraction of sp³-hybridized carbons (Fsp3) is 0.556. The predicted octanol–water partition coefficient (Wildman–Crippen LogP) is 2.80. The second kappa shape index (κ2) is 2.86. The van der Waals surface area contributed by atoms with E-state index in [1.165, 1.54) is 29.8 Å². The van der Waals surface area contributed by atoms with Gasteiger partial charge in [0.1, 0.15) is 0 Å². The number of hydrogen-bond donors (Lipinski definition) is 1. The van der Waals surface area contributed by atoms with Gasteiger partial charge in [0, 0.05) is 22.0 Å². The van der Waals surface area contributed by atoms with Crippen molar-refractivity contribution in [2.45, 2.75) is 26.2 Å². The van der Waals surface area contributed by atoms with E-state index >= 15 is 0 Å². The van der Waals surface area contributed by atoms with Gasteiger partial charge in [-0.25, -0.2) is 0 Å². The van der Waals surface area contributed by atoms with Crippen LogP contribution in [0, 0.1) is 6.92 Å². The van der Waals surface area contributed by atoms with Crippen LogP contribution in [0.3, 0.4) is 0 Å². The van der Waals surface area contributed by atoms with E-state index < -0.39 is 0 Å². The summed E-state index contributed by atoms with van der Waals surface area (Å²) in [5.74, 6) is 0. The number of anilines is 1. The normalized spacial score (nSPS) is 16.8. The standard InChI is InChI=1S/C9H13NS/c1-7-6-8-9(11-7)4-2-3-5-10-8/h6,10H,2-5H2,1H3. The molecule has 0 radical (unpaired) electrons. The van der Waals surface area contributed by atoms with Gasteiger partial charge in [-0.1, -0.05) is 0 Å². The van der Waals surface area contributed by atoms with E-state index in [1.54, 1.807) is 4.88 Å². The van der Waals surface area contributed by atoms with Crippen molar-refractivity contribution in [2.24, 2.45) is 0 Å². The predicted molar refractivity (Wildman–Crippen MR) is 50.5 cm³/mol. The molecule has 60 valence electrons. The minimum atomic E-state index is 1.16. The lowest BCUT2D eigenvalue weighted by Gasteiger charge is -1.98. The van der Waals surface area contributed by atoms with Gasteiger partial charge in [0.15, 0.2) is 0 Å². The monoisotopic (exact) mass is 167 g/mol. The number of thiophene rings is 1. The largest absolute Gasteiger partial charge is 0.384 e. The molecule has 0 bridgehead atoms. The molecule has 0 saturated heterocycles. The lowest BCUT2D eigenvalue weighted by atomic mass is 10.2. The number of aryl methyl sites for hydroxylation is 2. The van der Waals surface area contributed by atoms with E-state index in [4.69, 9.17) is 0 Å². The molecular formula is C9H13NS. The van der Waals surface area contributed by atoms with Crippen molar-refractivity contribution in [1.82, 2.24) is 0 Å². The first kappa shape index (κ1) is 7.17. The van der Waals surface area contributed by atoms with Gasteiger partial charge in [-0.05, 0) is 32.3 Å². The van der Waals surface area contributed by atoms with Gasteiger partial charge < -0.3 is 5.32 Å². The van der Waals surface area contributed by atoms with Gasteiger partial charge in [0.2, 0.25) is 0 Å². The van der Waals surface area contributed by atoms with E-state index in [9.17, 15) is 0 Å². The van der Waals surface area contributed by atoms with Crippen molar-refractivity contribution in [2.75, 3.05) is 11.9 Å². The first-order valence-electron chi connectivity index (χ1n) is 4.19. The maximum Gasteiger partial charge on any atom is 0.0484 e. The number of fused-ring (bicyclic) bond motifs is 1. The number of nitrogens with one attached hydrogen (secondary N) is 1. The Bertz CT molecular complexity index is 229. The third kappa shape index (κ3) is 1.41. The van der Waals surface area contributed by atoms with Crippen molar-refractivity contribution < 1.29 is 0 Å². The van der Waals surface area contributed by atoms with Gasteiger partial charge in [-0.15, -0.1) is 11.3 Å². The fourth-order valence-corrected chi connectivity index (χ4v) is 2.58. The Labute approximate surface area is 71.4 Å². The summed E-state index contributed by atoms with van der Waals surface area (Å²) in [5, 5.41) is 3.46. The zero-order valence-corrected chi connectivity index (χ0v) is 7.63.